The lowest BCUT2D eigenvalue weighted by molar-refractivity contribution is 0.0936. The number of nitrogens with zero attached hydrogens (tertiary/aromatic N) is 2. The van der Waals surface area contributed by atoms with Crippen LogP contribution in [0.2, 0.25) is 5.02 Å². The Balaban J connectivity index is 1.69. The summed E-state index contributed by atoms with van der Waals surface area (Å²) in [5.74, 6) is -0.326. The molecular formula is C17H17ClFN3O2. The third kappa shape index (κ3) is 3.43. The van der Waals surface area contributed by atoms with Crippen LogP contribution in [0.4, 0.5) is 10.1 Å². The molecule has 1 amide bonds. The number of carbonyl (C=O) groups is 1. The second-order valence-electron chi connectivity index (χ2n) is 5.58. The summed E-state index contributed by atoms with van der Waals surface area (Å²) in [7, 11) is 1.61. The molecule has 126 valence electrons. The van der Waals surface area contributed by atoms with Gasteiger partial charge in [-0.2, -0.15) is 0 Å². The Kier molecular flexibility index (Phi) is 4.85. The lowest BCUT2D eigenvalue weighted by Crippen LogP contribution is -2.37. The minimum Gasteiger partial charge on any atom is -0.495 e. The average Bonchev–Trinajstić information content (AvgIpc) is 3.03. The smallest absolute Gasteiger partial charge is 0.254 e. The number of amides is 1. The van der Waals surface area contributed by atoms with E-state index < -0.39 is 11.7 Å². The molecule has 2 heterocycles. The van der Waals surface area contributed by atoms with Crippen molar-refractivity contribution in [3.63, 3.8) is 0 Å². The van der Waals surface area contributed by atoms with E-state index in [2.05, 4.69) is 15.2 Å². The number of benzene rings is 1. The van der Waals surface area contributed by atoms with Crippen molar-refractivity contribution in [3.8, 4) is 5.75 Å². The Hall–Kier alpha value is -2.34. The lowest BCUT2D eigenvalue weighted by Gasteiger charge is -2.21. The molecule has 0 radical (unpaired) electrons. The number of pyridine rings is 1. The molecule has 1 aromatic carbocycles. The fraction of sp³-hybridized carbons (Fsp3) is 0.294. The maximum absolute atomic E-state index is 13.6. The molecule has 1 aliphatic heterocycles. The quantitative estimate of drug-likeness (QED) is 0.922. The molecular weight excluding hydrogens is 333 g/mol. The fourth-order valence-electron chi connectivity index (χ4n) is 2.83. The summed E-state index contributed by atoms with van der Waals surface area (Å²) in [6.45, 7) is 1.36. The first-order valence-corrected chi connectivity index (χ1v) is 7.95. The van der Waals surface area contributed by atoms with Crippen molar-refractivity contribution >= 4 is 23.2 Å². The molecule has 1 aliphatic rings. The van der Waals surface area contributed by atoms with E-state index in [0.29, 0.717) is 11.6 Å². The van der Waals surface area contributed by atoms with Crippen LogP contribution in [0.25, 0.3) is 0 Å². The first kappa shape index (κ1) is 16.5. The van der Waals surface area contributed by atoms with Gasteiger partial charge in [-0.15, -0.1) is 0 Å². The van der Waals surface area contributed by atoms with E-state index in [4.69, 9.17) is 16.3 Å². The third-order valence-corrected chi connectivity index (χ3v) is 4.26. The third-order valence-electron chi connectivity index (χ3n) is 4.02. The number of hydrogen-bond acceptors (Lipinski definition) is 4. The van der Waals surface area contributed by atoms with Gasteiger partial charge < -0.3 is 15.0 Å². The van der Waals surface area contributed by atoms with Gasteiger partial charge in [-0.05, 0) is 30.7 Å². The number of halogens is 2. The molecule has 1 fully saturated rings. The van der Waals surface area contributed by atoms with Crippen molar-refractivity contribution in [2.24, 2.45) is 0 Å². The van der Waals surface area contributed by atoms with Gasteiger partial charge in [-0.1, -0.05) is 11.6 Å². The molecule has 1 saturated heterocycles. The van der Waals surface area contributed by atoms with Crippen LogP contribution in [0.5, 0.6) is 5.75 Å². The molecule has 0 saturated carbocycles. The van der Waals surface area contributed by atoms with Crippen molar-refractivity contribution in [2.75, 3.05) is 25.1 Å². The summed E-state index contributed by atoms with van der Waals surface area (Å²) < 4.78 is 19.0. The largest absolute Gasteiger partial charge is 0.495 e. The minimum absolute atomic E-state index is 0.00351. The second-order valence-corrected chi connectivity index (χ2v) is 6.01. The SMILES string of the molecule is COc1ccc(Cl)cc1N1CCC(NC(=O)c2ccncc2F)C1. The van der Waals surface area contributed by atoms with E-state index >= 15 is 0 Å². The van der Waals surface area contributed by atoms with Gasteiger partial charge in [0.25, 0.3) is 5.91 Å². The van der Waals surface area contributed by atoms with Gasteiger partial charge in [-0.25, -0.2) is 4.39 Å². The summed E-state index contributed by atoms with van der Waals surface area (Å²) in [6, 6.07) is 6.72. The summed E-state index contributed by atoms with van der Waals surface area (Å²) in [4.78, 5) is 17.9. The lowest BCUT2D eigenvalue weighted by atomic mass is 10.2. The molecule has 7 heteroatoms. The van der Waals surface area contributed by atoms with Crippen LogP contribution in [-0.2, 0) is 0 Å². The maximum atomic E-state index is 13.6. The number of hydrogen-bond donors (Lipinski definition) is 1. The molecule has 1 N–H and O–H groups in total. The summed E-state index contributed by atoms with van der Waals surface area (Å²) in [6.07, 6.45) is 3.19. The predicted octanol–water partition coefficient (Wildman–Crippen LogP) is 2.89. The van der Waals surface area contributed by atoms with E-state index in [1.54, 1.807) is 13.2 Å². The zero-order valence-corrected chi connectivity index (χ0v) is 13.9. The standard InChI is InChI=1S/C17H17ClFN3O2/c1-24-16-3-2-11(18)8-15(16)22-7-5-12(10-22)21-17(23)13-4-6-20-9-14(13)19/h2-4,6,8-9,12H,5,7,10H2,1H3,(H,21,23). The highest BCUT2D eigenvalue weighted by Crippen LogP contribution is 2.33. The number of ether oxygens (including phenoxy) is 1. The van der Waals surface area contributed by atoms with Crippen LogP contribution in [0, 0.1) is 5.82 Å². The molecule has 1 atom stereocenters. The van der Waals surface area contributed by atoms with Crippen LogP contribution in [0.3, 0.4) is 0 Å². The number of methoxy groups -OCH3 is 1. The molecule has 1 unspecified atom stereocenters. The predicted molar refractivity (Wildman–Crippen MR) is 90.3 cm³/mol. The van der Waals surface area contributed by atoms with Crippen molar-refractivity contribution < 1.29 is 13.9 Å². The average molecular weight is 350 g/mol. The number of anilines is 1. The maximum Gasteiger partial charge on any atom is 0.254 e. The van der Waals surface area contributed by atoms with Crippen molar-refractivity contribution in [1.82, 2.24) is 10.3 Å². The molecule has 24 heavy (non-hydrogen) atoms. The number of carbonyl (C=O) groups excluding carboxylic acids is 1. The number of aromatic nitrogens is 1. The number of nitrogens with one attached hydrogen (secondary N) is 1. The molecule has 0 spiro atoms. The monoisotopic (exact) mass is 349 g/mol. The van der Waals surface area contributed by atoms with E-state index in [9.17, 15) is 9.18 Å². The van der Waals surface area contributed by atoms with Gasteiger partial charge in [0.05, 0.1) is 24.6 Å². The van der Waals surface area contributed by atoms with Crippen LogP contribution in [0.1, 0.15) is 16.8 Å². The molecule has 1 aromatic heterocycles. The summed E-state index contributed by atoms with van der Waals surface area (Å²) >= 11 is 6.07. The van der Waals surface area contributed by atoms with Crippen LogP contribution in [0.15, 0.2) is 36.7 Å². The van der Waals surface area contributed by atoms with Crippen LogP contribution in [-0.4, -0.2) is 37.1 Å². The Bertz CT molecular complexity index is 756. The Morgan fingerprint density at radius 2 is 2.29 bits per heavy atom. The molecule has 0 aliphatic carbocycles. The Labute approximate surface area is 144 Å². The van der Waals surface area contributed by atoms with E-state index in [1.807, 2.05) is 12.1 Å². The number of rotatable bonds is 4. The van der Waals surface area contributed by atoms with Gasteiger partial charge in [0.2, 0.25) is 0 Å². The zero-order chi connectivity index (χ0) is 17.1. The topological polar surface area (TPSA) is 54.5 Å². The van der Waals surface area contributed by atoms with E-state index in [-0.39, 0.29) is 11.6 Å². The van der Waals surface area contributed by atoms with Gasteiger partial charge in [0.15, 0.2) is 5.82 Å². The van der Waals surface area contributed by atoms with E-state index in [0.717, 1.165) is 30.6 Å². The molecule has 2 aromatic rings. The first-order chi connectivity index (χ1) is 11.6. The van der Waals surface area contributed by atoms with Gasteiger partial charge in [-0.3, -0.25) is 9.78 Å². The highest BCUT2D eigenvalue weighted by atomic mass is 35.5. The van der Waals surface area contributed by atoms with Crippen LogP contribution >= 0.6 is 11.6 Å². The Morgan fingerprint density at radius 1 is 1.46 bits per heavy atom. The van der Waals surface area contributed by atoms with Crippen molar-refractivity contribution in [2.45, 2.75) is 12.5 Å². The van der Waals surface area contributed by atoms with Crippen molar-refractivity contribution in [1.29, 1.82) is 0 Å². The van der Waals surface area contributed by atoms with Gasteiger partial charge >= 0.3 is 0 Å². The highest BCUT2D eigenvalue weighted by Gasteiger charge is 2.27. The summed E-state index contributed by atoms with van der Waals surface area (Å²) in [5, 5.41) is 3.49. The van der Waals surface area contributed by atoms with E-state index in [1.165, 1.54) is 12.3 Å². The summed E-state index contributed by atoms with van der Waals surface area (Å²) in [5.41, 5.74) is 0.889. The van der Waals surface area contributed by atoms with Crippen molar-refractivity contribution in [3.05, 3.63) is 53.1 Å². The molecule has 3 rings (SSSR count). The molecule has 0 bridgehead atoms. The Morgan fingerprint density at radius 3 is 3.04 bits per heavy atom. The highest BCUT2D eigenvalue weighted by molar-refractivity contribution is 6.30. The zero-order valence-electron chi connectivity index (χ0n) is 13.1. The van der Waals surface area contributed by atoms with Crippen LogP contribution < -0.4 is 15.0 Å². The first-order valence-electron chi connectivity index (χ1n) is 7.57. The minimum atomic E-state index is -0.624. The normalized spacial score (nSPS) is 17.0. The second kappa shape index (κ2) is 7.05. The molecule has 5 nitrogen and oxygen atoms in total. The van der Waals surface area contributed by atoms with Gasteiger partial charge in [0.1, 0.15) is 5.75 Å². The van der Waals surface area contributed by atoms with Gasteiger partial charge in [0, 0.05) is 30.4 Å². The fourth-order valence-corrected chi connectivity index (χ4v) is 3.00.